The van der Waals surface area contributed by atoms with Gasteiger partial charge in [0.2, 0.25) is 5.91 Å². The van der Waals surface area contributed by atoms with Crippen LogP contribution in [0.5, 0.6) is 0 Å². The molecule has 0 saturated heterocycles. The van der Waals surface area contributed by atoms with E-state index in [1.807, 2.05) is 32.1 Å². The third-order valence-electron chi connectivity index (χ3n) is 5.17. The number of hydrogen-bond donors (Lipinski definition) is 1. The standard InChI is InChI=1S/C24H35NO4/c1-5-15-24(3,19-26)16-11-18-29-17-10-14-20(6-2)22(27)25(4)23(28)21-12-8-7-9-13-21/h5,7-10,12-13,17,20,26H,1,6,11,14-16,18-19H2,2-4H3/b17-10+/t20-,24?/m0/s1. The molecule has 5 nitrogen and oxygen atoms in total. The van der Waals surface area contributed by atoms with Crippen LogP contribution in [0.15, 0.2) is 55.3 Å². The molecule has 1 aromatic rings. The Balaban J connectivity index is 2.43. The zero-order chi connectivity index (χ0) is 21.7. The van der Waals surface area contributed by atoms with Crippen LogP contribution in [0.2, 0.25) is 0 Å². The number of rotatable bonds is 13. The average Bonchev–Trinajstić information content (AvgIpc) is 2.75. The first-order valence-corrected chi connectivity index (χ1v) is 10.2. The van der Waals surface area contributed by atoms with Gasteiger partial charge in [-0.05, 0) is 55.7 Å². The molecule has 1 aromatic carbocycles. The van der Waals surface area contributed by atoms with Gasteiger partial charge in [0.1, 0.15) is 0 Å². The van der Waals surface area contributed by atoms with Crippen molar-refractivity contribution in [3.05, 3.63) is 60.9 Å². The molecule has 5 heteroatoms. The lowest BCUT2D eigenvalue weighted by Gasteiger charge is -2.25. The van der Waals surface area contributed by atoms with Gasteiger partial charge in [-0.3, -0.25) is 14.5 Å². The predicted octanol–water partition coefficient (Wildman–Crippen LogP) is 4.59. The smallest absolute Gasteiger partial charge is 0.260 e. The van der Waals surface area contributed by atoms with E-state index in [4.69, 9.17) is 4.74 Å². The Labute approximate surface area is 175 Å². The summed E-state index contributed by atoms with van der Waals surface area (Å²) in [6, 6.07) is 8.81. The van der Waals surface area contributed by atoms with Crippen molar-refractivity contribution in [2.45, 2.75) is 46.0 Å². The SMILES string of the molecule is C=CCC(C)(CO)CCCO/C=C/C[C@H](CC)C(=O)N(C)C(=O)c1ccccc1. The van der Waals surface area contributed by atoms with Gasteiger partial charge in [0.25, 0.3) is 5.91 Å². The molecule has 1 rings (SSSR count). The number of benzene rings is 1. The second kappa shape index (κ2) is 12.9. The zero-order valence-electron chi connectivity index (χ0n) is 18.0. The van der Waals surface area contributed by atoms with Crippen molar-refractivity contribution in [3.8, 4) is 0 Å². The van der Waals surface area contributed by atoms with E-state index in [2.05, 4.69) is 6.58 Å². The Morgan fingerprint density at radius 1 is 1.31 bits per heavy atom. The molecule has 0 fully saturated rings. The van der Waals surface area contributed by atoms with E-state index in [-0.39, 0.29) is 29.8 Å². The van der Waals surface area contributed by atoms with Gasteiger partial charge in [0.05, 0.1) is 12.9 Å². The van der Waals surface area contributed by atoms with Crippen molar-refractivity contribution in [1.29, 1.82) is 0 Å². The Bertz CT molecular complexity index is 671. The molecule has 160 valence electrons. The van der Waals surface area contributed by atoms with E-state index in [1.165, 1.54) is 11.9 Å². The number of ether oxygens (including phenoxy) is 1. The summed E-state index contributed by atoms with van der Waals surface area (Å²) in [6.45, 7) is 8.40. The molecular formula is C24H35NO4. The van der Waals surface area contributed by atoms with Crippen LogP contribution in [0, 0.1) is 11.3 Å². The third kappa shape index (κ3) is 8.24. The number of amides is 2. The van der Waals surface area contributed by atoms with E-state index < -0.39 is 0 Å². The summed E-state index contributed by atoms with van der Waals surface area (Å²) in [7, 11) is 1.53. The Kier molecular flexibility index (Phi) is 11.0. The van der Waals surface area contributed by atoms with Crippen molar-refractivity contribution in [1.82, 2.24) is 4.90 Å². The van der Waals surface area contributed by atoms with Crippen LogP contribution >= 0.6 is 0 Å². The minimum atomic E-state index is -0.291. The predicted molar refractivity (Wildman–Crippen MR) is 116 cm³/mol. The van der Waals surface area contributed by atoms with Crippen LogP contribution in [0.1, 0.15) is 56.3 Å². The van der Waals surface area contributed by atoms with Gasteiger partial charge in [-0.15, -0.1) is 6.58 Å². The first-order valence-electron chi connectivity index (χ1n) is 10.2. The van der Waals surface area contributed by atoms with Gasteiger partial charge in [0, 0.05) is 25.1 Å². The van der Waals surface area contributed by atoms with Crippen molar-refractivity contribution >= 4 is 11.8 Å². The fourth-order valence-corrected chi connectivity index (χ4v) is 3.12. The number of carbonyl (C=O) groups is 2. The van der Waals surface area contributed by atoms with Crippen LogP contribution in [-0.4, -0.2) is 42.1 Å². The van der Waals surface area contributed by atoms with E-state index in [0.717, 1.165) is 19.3 Å². The average molecular weight is 402 g/mol. The first-order chi connectivity index (χ1) is 13.9. The van der Waals surface area contributed by atoms with E-state index >= 15 is 0 Å². The molecule has 0 aliphatic heterocycles. The summed E-state index contributed by atoms with van der Waals surface area (Å²) in [4.78, 5) is 26.3. The summed E-state index contributed by atoms with van der Waals surface area (Å²) in [5.41, 5.74) is 0.355. The number of hydrogen-bond acceptors (Lipinski definition) is 4. The van der Waals surface area contributed by atoms with Crippen LogP contribution in [0.25, 0.3) is 0 Å². The number of imide groups is 1. The van der Waals surface area contributed by atoms with E-state index in [1.54, 1.807) is 30.5 Å². The van der Waals surface area contributed by atoms with Crippen molar-refractivity contribution < 1.29 is 19.4 Å². The van der Waals surface area contributed by atoms with Gasteiger partial charge in [-0.25, -0.2) is 0 Å². The molecule has 0 saturated carbocycles. The highest BCUT2D eigenvalue weighted by Gasteiger charge is 2.24. The highest BCUT2D eigenvalue weighted by molar-refractivity contribution is 6.05. The van der Waals surface area contributed by atoms with Gasteiger partial charge in [-0.2, -0.15) is 0 Å². The van der Waals surface area contributed by atoms with Crippen LogP contribution in [-0.2, 0) is 9.53 Å². The summed E-state index contributed by atoms with van der Waals surface area (Å²) >= 11 is 0. The summed E-state index contributed by atoms with van der Waals surface area (Å²) in [5.74, 6) is -0.743. The van der Waals surface area contributed by atoms with E-state index in [0.29, 0.717) is 25.0 Å². The highest BCUT2D eigenvalue weighted by atomic mass is 16.5. The topological polar surface area (TPSA) is 66.8 Å². The molecule has 1 N–H and O–H groups in total. The molecule has 0 bridgehead atoms. The number of carbonyl (C=O) groups excluding carboxylic acids is 2. The van der Waals surface area contributed by atoms with Crippen LogP contribution in [0.3, 0.4) is 0 Å². The molecule has 0 aromatic heterocycles. The lowest BCUT2D eigenvalue weighted by Crippen LogP contribution is -2.37. The number of allylic oxidation sites excluding steroid dienone is 2. The highest BCUT2D eigenvalue weighted by Crippen LogP contribution is 2.27. The van der Waals surface area contributed by atoms with Crippen LogP contribution < -0.4 is 0 Å². The number of nitrogens with zero attached hydrogens (tertiary/aromatic N) is 1. The molecule has 0 heterocycles. The molecule has 1 unspecified atom stereocenters. The fourth-order valence-electron chi connectivity index (χ4n) is 3.12. The molecule has 0 aliphatic carbocycles. The van der Waals surface area contributed by atoms with Gasteiger partial charge in [-0.1, -0.05) is 38.1 Å². The molecule has 0 radical (unpaired) electrons. The van der Waals surface area contributed by atoms with Crippen molar-refractivity contribution in [3.63, 3.8) is 0 Å². The minimum Gasteiger partial charge on any atom is -0.502 e. The maximum absolute atomic E-state index is 12.7. The summed E-state index contributed by atoms with van der Waals surface area (Å²) in [6.07, 6.45) is 8.91. The van der Waals surface area contributed by atoms with Crippen molar-refractivity contribution in [2.24, 2.45) is 11.3 Å². The van der Waals surface area contributed by atoms with E-state index in [9.17, 15) is 14.7 Å². The second-order valence-corrected chi connectivity index (χ2v) is 7.72. The van der Waals surface area contributed by atoms with Gasteiger partial charge in [0.15, 0.2) is 0 Å². The lowest BCUT2D eigenvalue weighted by atomic mass is 9.83. The normalized spacial score (nSPS) is 14.2. The lowest BCUT2D eigenvalue weighted by molar-refractivity contribution is -0.131. The number of aliphatic hydroxyl groups is 1. The Morgan fingerprint density at radius 3 is 2.59 bits per heavy atom. The largest absolute Gasteiger partial charge is 0.502 e. The molecule has 2 amide bonds. The molecular weight excluding hydrogens is 366 g/mol. The fraction of sp³-hybridized carbons (Fsp3) is 0.500. The Morgan fingerprint density at radius 2 is 2.00 bits per heavy atom. The molecule has 0 spiro atoms. The van der Waals surface area contributed by atoms with Gasteiger partial charge >= 0.3 is 0 Å². The minimum absolute atomic E-state index is 0.129. The number of aliphatic hydroxyl groups excluding tert-OH is 1. The summed E-state index contributed by atoms with van der Waals surface area (Å²) < 4.78 is 5.52. The summed E-state index contributed by atoms with van der Waals surface area (Å²) in [5, 5.41) is 9.49. The molecule has 2 atom stereocenters. The maximum Gasteiger partial charge on any atom is 0.260 e. The quantitative estimate of drug-likeness (QED) is 0.298. The monoisotopic (exact) mass is 401 g/mol. The Hall–Kier alpha value is -2.40. The van der Waals surface area contributed by atoms with Crippen LogP contribution in [0.4, 0.5) is 0 Å². The molecule has 29 heavy (non-hydrogen) atoms. The first kappa shape index (κ1) is 24.6. The second-order valence-electron chi connectivity index (χ2n) is 7.72. The maximum atomic E-state index is 12.7. The third-order valence-corrected chi connectivity index (χ3v) is 5.17. The molecule has 0 aliphatic rings. The van der Waals surface area contributed by atoms with Gasteiger partial charge < -0.3 is 9.84 Å². The zero-order valence-corrected chi connectivity index (χ0v) is 18.0. The van der Waals surface area contributed by atoms with Crippen molar-refractivity contribution in [2.75, 3.05) is 20.3 Å².